The van der Waals surface area contributed by atoms with Gasteiger partial charge in [-0.2, -0.15) is 0 Å². The molecule has 1 rings (SSSR count). The number of hydrogen-bond donors (Lipinski definition) is 1. The molecule has 0 aromatic heterocycles. The SMILES string of the molecule is OCCC1SCSCS1. The fourth-order valence-electron chi connectivity index (χ4n) is 0.602. The number of hydrogen-bond acceptors (Lipinski definition) is 4. The van der Waals surface area contributed by atoms with Gasteiger partial charge in [0.1, 0.15) is 0 Å². The lowest BCUT2D eigenvalue weighted by Crippen LogP contribution is -2.04. The molecule has 0 radical (unpaired) electrons. The van der Waals surface area contributed by atoms with Crippen LogP contribution in [-0.4, -0.2) is 26.5 Å². The molecule has 1 aliphatic rings. The van der Waals surface area contributed by atoms with Gasteiger partial charge in [-0.1, -0.05) is 0 Å². The molecule has 1 N–H and O–H groups in total. The maximum absolute atomic E-state index is 8.59. The lowest BCUT2D eigenvalue weighted by molar-refractivity contribution is 0.294. The summed E-state index contributed by atoms with van der Waals surface area (Å²) in [6.45, 7) is 0.343. The van der Waals surface area contributed by atoms with Crippen LogP contribution in [0.25, 0.3) is 0 Å². The molecular weight excluding hydrogens is 172 g/mol. The zero-order chi connectivity index (χ0) is 6.53. The molecule has 0 aliphatic carbocycles. The highest BCUT2D eigenvalue weighted by Gasteiger charge is 2.12. The molecule has 0 aromatic carbocycles. The molecule has 0 unspecified atom stereocenters. The van der Waals surface area contributed by atoms with E-state index in [1.54, 1.807) is 0 Å². The minimum Gasteiger partial charge on any atom is -0.396 e. The molecule has 0 spiro atoms. The van der Waals surface area contributed by atoms with Gasteiger partial charge in [0.2, 0.25) is 0 Å². The predicted molar refractivity (Wildman–Crippen MR) is 48.0 cm³/mol. The first-order valence-electron chi connectivity index (χ1n) is 2.85. The maximum Gasteiger partial charge on any atom is 0.0540 e. The van der Waals surface area contributed by atoms with Crippen molar-refractivity contribution in [1.29, 1.82) is 0 Å². The molecule has 0 bridgehead atoms. The number of rotatable bonds is 2. The first kappa shape index (κ1) is 8.11. The second-order valence-electron chi connectivity index (χ2n) is 1.72. The van der Waals surface area contributed by atoms with E-state index in [2.05, 4.69) is 0 Å². The van der Waals surface area contributed by atoms with Crippen molar-refractivity contribution in [3.8, 4) is 0 Å². The summed E-state index contributed by atoms with van der Waals surface area (Å²) < 4.78 is 0.663. The van der Waals surface area contributed by atoms with Gasteiger partial charge in [-0.3, -0.25) is 0 Å². The molecule has 0 amide bonds. The average Bonchev–Trinajstić information content (AvgIpc) is 1.91. The number of aliphatic hydroxyl groups excluding tert-OH is 1. The molecule has 54 valence electrons. The fourth-order valence-corrected chi connectivity index (χ4v) is 5.40. The van der Waals surface area contributed by atoms with Gasteiger partial charge in [-0.25, -0.2) is 0 Å². The van der Waals surface area contributed by atoms with Crippen molar-refractivity contribution < 1.29 is 5.11 Å². The fraction of sp³-hybridized carbons (Fsp3) is 1.00. The quantitative estimate of drug-likeness (QED) is 0.702. The molecule has 4 heteroatoms. The summed E-state index contributed by atoms with van der Waals surface area (Å²) in [7, 11) is 0. The van der Waals surface area contributed by atoms with E-state index in [9.17, 15) is 0 Å². The largest absolute Gasteiger partial charge is 0.396 e. The molecule has 0 atom stereocenters. The Bertz CT molecular complexity index is 69.8. The number of thioether (sulfide) groups is 3. The minimum atomic E-state index is 0.343. The van der Waals surface area contributed by atoms with E-state index in [-0.39, 0.29) is 0 Å². The van der Waals surface area contributed by atoms with Gasteiger partial charge in [0.05, 0.1) is 4.58 Å². The highest BCUT2D eigenvalue weighted by atomic mass is 32.3. The second-order valence-corrected chi connectivity index (χ2v) is 6.11. The van der Waals surface area contributed by atoms with Crippen LogP contribution in [0.15, 0.2) is 0 Å². The second kappa shape index (κ2) is 4.77. The molecule has 0 aromatic rings. The average molecular weight is 182 g/mol. The molecule has 9 heavy (non-hydrogen) atoms. The van der Waals surface area contributed by atoms with Crippen LogP contribution >= 0.6 is 35.3 Å². The molecule has 1 heterocycles. The summed E-state index contributed by atoms with van der Waals surface area (Å²) >= 11 is 5.88. The summed E-state index contributed by atoms with van der Waals surface area (Å²) in [5.41, 5.74) is 0. The van der Waals surface area contributed by atoms with E-state index in [4.69, 9.17) is 5.11 Å². The third-order valence-corrected chi connectivity index (χ3v) is 5.49. The van der Waals surface area contributed by atoms with E-state index in [1.165, 1.54) is 10.2 Å². The molecular formula is C5H10OS3. The van der Waals surface area contributed by atoms with Gasteiger partial charge in [-0.05, 0) is 6.42 Å². The van der Waals surface area contributed by atoms with Crippen molar-refractivity contribution in [2.24, 2.45) is 0 Å². The third-order valence-electron chi connectivity index (χ3n) is 1.04. The van der Waals surface area contributed by atoms with E-state index in [1.807, 2.05) is 35.3 Å². The molecule has 1 fully saturated rings. The van der Waals surface area contributed by atoms with E-state index >= 15 is 0 Å². The van der Waals surface area contributed by atoms with Crippen molar-refractivity contribution >= 4 is 35.3 Å². The topological polar surface area (TPSA) is 20.2 Å². The Hall–Kier alpha value is 1.01. The molecule has 1 saturated heterocycles. The third kappa shape index (κ3) is 3.07. The zero-order valence-electron chi connectivity index (χ0n) is 5.08. The Balaban J connectivity index is 2.08. The summed E-state index contributed by atoms with van der Waals surface area (Å²) in [5, 5.41) is 11.0. The first-order chi connectivity index (χ1) is 4.43. The van der Waals surface area contributed by atoms with Gasteiger partial charge in [0, 0.05) is 16.8 Å². The van der Waals surface area contributed by atoms with Crippen LogP contribution in [0.2, 0.25) is 0 Å². The normalized spacial score (nSPS) is 22.3. The van der Waals surface area contributed by atoms with Crippen LogP contribution in [0.3, 0.4) is 0 Å². The van der Waals surface area contributed by atoms with E-state index in [0.717, 1.165) is 6.42 Å². The van der Waals surface area contributed by atoms with Gasteiger partial charge in [-0.15, -0.1) is 35.3 Å². The minimum absolute atomic E-state index is 0.343. The van der Waals surface area contributed by atoms with Crippen molar-refractivity contribution in [3.05, 3.63) is 0 Å². The maximum atomic E-state index is 8.59. The van der Waals surface area contributed by atoms with Crippen LogP contribution in [0.1, 0.15) is 6.42 Å². The zero-order valence-corrected chi connectivity index (χ0v) is 7.53. The standard InChI is InChI=1S/C5H10OS3/c6-2-1-5-8-3-7-4-9-5/h5-6H,1-4H2. The predicted octanol–water partition coefficient (Wildman–Crippen LogP) is 1.82. The molecule has 1 nitrogen and oxygen atoms in total. The summed E-state index contributed by atoms with van der Waals surface area (Å²) in [5.74, 6) is 0. The van der Waals surface area contributed by atoms with Gasteiger partial charge < -0.3 is 5.11 Å². The molecule has 0 saturated carbocycles. The smallest absolute Gasteiger partial charge is 0.0540 e. The van der Waals surface area contributed by atoms with E-state index in [0.29, 0.717) is 11.2 Å². The Morgan fingerprint density at radius 3 is 2.56 bits per heavy atom. The lowest BCUT2D eigenvalue weighted by Gasteiger charge is -2.18. The Kier molecular flexibility index (Phi) is 4.30. The van der Waals surface area contributed by atoms with Gasteiger partial charge in [0.25, 0.3) is 0 Å². The van der Waals surface area contributed by atoms with Crippen molar-refractivity contribution in [1.82, 2.24) is 0 Å². The van der Waals surface area contributed by atoms with Crippen molar-refractivity contribution in [3.63, 3.8) is 0 Å². The summed E-state index contributed by atoms with van der Waals surface area (Å²) in [6.07, 6.45) is 0.954. The lowest BCUT2D eigenvalue weighted by atomic mass is 10.5. The highest BCUT2D eigenvalue weighted by Crippen LogP contribution is 2.37. The Morgan fingerprint density at radius 1 is 1.33 bits per heavy atom. The van der Waals surface area contributed by atoms with Gasteiger partial charge in [0.15, 0.2) is 0 Å². The van der Waals surface area contributed by atoms with Crippen LogP contribution in [0.5, 0.6) is 0 Å². The highest BCUT2D eigenvalue weighted by molar-refractivity contribution is 8.32. The van der Waals surface area contributed by atoms with Crippen LogP contribution in [-0.2, 0) is 0 Å². The van der Waals surface area contributed by atoms with Crippen LogP contribution in [0.4, 0.5) is 0 Å². The monoisotopic (exact) mass is 182 g/mol. The first-order valence-corrected chi connectivity index (χ1v) is 6.10. The Labute approximate surface area is 68.4 Å². The van der Waals surface area contributed by atoms with Crippen molar-refractivity contribution in [2.75, 3.05) is 16.8 Å². The number of aliphatic hydroxyl groups is 1. The summed E-state index contributed by atoms with van der Waals surface area (Å²) in [4.78, 5) is 0. The van der Waals surface area contributed by atoms with Crippen LogP contribution < -0.4 is 0 Å². The Morgan fingerprint density at radius 2 is 2.00 bits per heavy atom. The van der Waals surface area contributed by atoms with Crippen molar-refractivity contribution in [2.45, 2.75) is 11.0 Å². The molecule has 1 aliphatic heterocycles. The summed E-state index contributed by atoms with van der Waals surface area (Å²) in [6, 6.07) is 0. The van der Waals surface area contributed by atoms with Gasteiger partial charge >= 0.3 is 0 Å². The van der Waals surface area contributed by atoms with Crippen LogP contribution in [0, 0.1) is 0 Å². The van der Waals surface area contributed by atoms with E-state index < -0.39 is 0 Å².